The average Bonchev–Trinajstić information content (AvgIpc) is 3.32. The van der Waals surface area contributed by atoms with Crippen LogP contribution in [0.1, 0.15) is 48.0 Å². The molecular weight excluding hydrogens is 390 g/mol. The standard InChI is InChI=1S/C21H31N3O4S/c1-22-21(26)17-9-7-16(8-10-17)13-23(2)14-20(25)24(18-5-3-4-6-18)19-11-12-29(27,28)15-19/h7-10,18-19H,3-6,11-15H2,1-2H3,(H,22,26)/t19-/m0/s1. The van der Waals surface area contributed by atoms with Crippen molar-refractivity contribution in [3.05, 3.63) is 35.4 Å². The molecule has 0 spiro atoms. The van der Waals surface area contributed by atoms with Crippen LogP contribution in [0.4, 0.5) is 0 Å². The third-order valence-electron chi connectivity index (χ3n) is 5.91. The molecule has 0 bridgehead atoms. The van der Waals surface area contributed by atoms with Crippen LogP contribution >= 0.6 is 0 Å². The van der Waals surface area contributed by atoms with E-state index in [9.17, 15) is 18.0 Å². The number of amides is 2. The fraction of sp³-hybridized carbons (Fsp3) is 0.619. The van der Waals surface area contributed by atoms with E-state index in [2.05, 4.69) is 5.32 Å². The smallest absolute Gasteiger partial charge is 0.251 e. The maximum absolute atomic E-state index is 13.1. The van der Waals surface area contributed by atoms with Crippen LogP contribution in [-0.2, 0) is 21.2 Å². The highest BCUT2D eigenvalue weighted by molar-refractivity contribution is 7.91. The van der Waals surface area contributed by atoms with Gasteiger partial charge in [-0.1, -0.05) is 25.0 Å². The molecular formula is C21H31N3O4S. The average molecular weight is 422 g/mol. The fourth-order valence-electron chi connectivity index (χ4n) is 4.47. The van der Waals surface area contributed by atoms with Crippen LogP contribution in [-0.4, -0.2) is 74.3 Å². The Bertz CT molecular complexity index is 832. The molecule has 2 fully saturated rings. The van der Waals surface area contributed by atoms with Crippen molar-refractivity contribution in [2.24, 2.45) is 0 Å². The van der Waals surface area contributed by atoms with Gasteiger partial charge in [-0.05, 0) is 44.0 Å². The summed E-state index contributed by atoms with van der Waals surface area (Å²) in [6, 6.07) is 7.32. The highest BCUT2D eigenvalue weighted by atomic mass is 32.2. The van der Waals surface area contributed by atoms with Crippen molar-refractivity contribution in [1.29, 1.82) is 0 Å². The highest BCUT2D eigenvalue weighted by Gasteiger charge is 2.39. The first kappa shape index (κ1) is 21.8. The monoisotopic (exact) mass is 421 g/mol. The first-order valence-corrected chi connectivity index (χ1v) is 12.1. The summed E-state index contributed by atoms with van der Waals surface area (Å²) < 4.78 is 23.9. The molecule has 1 aliphatic carbocycles. The topological polar surface area (TPSA) is 86.8 Å². The number of hydrogen-bond donors (Lipinski definition) is 1. The maximum Gasteiger partial charge on any atom is 0.251 e. The van der Waals surface area contributed by atoms with Gasteiger partial charge in [0.05, 0.1) is 18.1 Å². The van der Waals surface area contributed by atoms with Crippen molar-refractivity contribution in [2.45, 2.75) is 50.7 Å². The zero-order valence-electron chi connectivity index (χ0n) is 17.3. The number of nitrogens with zero attached hydrogens (tertiary/aromatic N) is 2. The van der Waals surface area contributed by atoms with Crippen molar-refractivity contribution in [3.8, 4) is 0 Å². The van der Waals surface area contributed by atoms with E-state index in [4.69, 9.17) is 0 Å². The van der Waals surface area contributed by atoms with Gasteiger partial charge in [-0.15, -0.1) is 0 Å². The van der Waals surface area contributed by atoms with Crippen LogP contribution in [0.25, 0.3) is 0 Å². The van der Waals surface area contributed by atoms with Gasteiger partial charge in [0.15, 0.2) is 9.84 Å². The minimum atomic E-state index is -3.03. The number of nitrogens with one attached hydrogen (secondary N) is 1. The molecule has 1 aromatic carbocycles. The Hall–Kier alpha value is -1.93. The van der Waals surface area contributed by atoms with Crippen LogP contribution in [0.3, 0.4) is 0 Å². The van der Waals surface area contributed by atoms with Crippen molar-refractivity contribution in [3.63, 3.8) is 0 Å². The normalized spacial score (nSPS) is 21.4. The predicted molar refractivity (Wildman–Crippen MR) is 112 cm³/mol. The molecule has 0 radical (unpaired) electrons. The molecule has 2 amide bonds. The third-order valence-corrected chi connectivity index (χ3v) is 7.66. The quantitative estimate of drug-likeness (QED) is 0.720. The summed E-state index contributed by atoms with van der Waals surface area (Å²) in [5.41, 5.74) is 1.62. The fourth-order valence-corrected chi connectivity index (χ4v) is 6.18. The van der Waals surface area contributed by atoms with Gasteiger partial charge in [-0.25, -0.2) is 8.42 Å². The summed E-state index contributed by atoms with van der Waals surface area (Å²) in [4.78, 5) is 28.6. The van der Waals surface area contributed by atoms with Crippen molar-refractivity contribution < 1.29 is 18.0 Å². The minimum absolute atomic E-state index is 0.0171. The van der Waals surface area contributed by atoms with Crippen molar-refractivity contribution >= 4 is 21.7 Å². The van der Waals surface area contributed by atoms with E-state index in [0.29, 0.717) is 18.5 Å². The van der Waals surface area contributed by atoms with E-state index < -0.39 is 9.84 Å². The molecule has 1 heterocycles. The second-order valence-corrected chi connectivity index (χ2v) is 10.5. The maximum atomic E-state index is 13.1. The Morgan fingerprint density at radius 1 is 1.07 bits per heavy atom. The van der Waals surface area contributed by atoms with Crippen LogP contribution in [0, 0.1) is 0 Å². The number of carbonyl (C=O) groups excluding carboxylic acids is 2. The Balaban J connectivity index is 1.63. The molecule has 0 unspecified atom stereocenters. The van der Waals surface area contributed by atoms with E-state index in [1.54, 1.807) is 19.2 Å². The minimum Gasteiger partial charge on any atom is -0.355 e. The second kappa shape index (κ2) is 9.26. The first-order chi connectivity index (χ1) is 13.8. The molecule has 1 saturated heterocycles. The summed E-state index contributed by atoms with van der Waals surface area (Å²) in [7, 11) is 0.456. The van der Waals surface area contributed by atoms with E-state index >= 15 is 0 Å². The van der Waals surface area contributed by atoms with Crippen LogP contribution in [0.15, 0.2) is 24.3 Å². The summed E-state index contributed by atoms with van der Waals surface area (Å²) in [5, 5.41) is 2.60. The van der Waals surface area contributed by atoms with Crippen LogP contribution in [0.5, 0.6) is 0 Å². The predicted octanol–water partition coefficient (Wildman–Crippen LogP) is 1.44. The zero-order chi connectivity index (χ0) is 21.0. The van der Waals surface area contributed by atoms with Crippen molar-refractivity contribution in [1.82, 2.24) is 15.1 Å². The number of hydrogen-bond acceptors (Lipinski definition) is 5. The lowest BCUT2D eigenvalue weighted by Gasteiger charge is -2.35. The first-order valence-electron chi connectivity index (χ1n) is 10.3. The summed E-state index contributed by atoms with van der Waals surface area (Å²) in [5.74, 6) is 0.170. The zero-order valence-corrected chi connectivity index (χ0v) is 18.1. The Labute approximate surface area is 173 Å². The summed E-state index contributed by atoms with van der Waals surface area (Å²) in [6.45, 7) is 0.839. The molecule has 160 valence electrons. The lowest BCUT2D eigenvalue weighted by Crippen LogP contribution is -2.50. The summed E-state index contributed by atoms with van der Waals surface area (Å²) in [6.07, 6.45) is 4.68. The SMILES string of the molecule is CNC(=O)c1ccc(CN(C)CC(=O)N(C2CCCC2)[C@H]2CCS(=O)(=O)C2)cc1. The van der Waals surface area contributed by atoms with E-state index in [0.717, 1.165) is 31.2 Å². The molecule has 0 aromatic heterocycles. The largest absolute Gasteiger partial charge is 0.355 e. The molecule has 1 atom stereocenters. The lowest BCUT2D eigenvalue weighted by molar-refractivity contribution is -0.136. The number of sulfone groups is 1. The molecule has 29 heavy (non-hydrogen) atoms. The molecule has 3 rings (SSSR count). The van der Waals surface area contributed by atoms with Crippen LogP contribution < -0.4 is 5.32 Å². The van der Waals surface area contributed by atoms with E-state index in [1.807, 2.05) is 29.0 Å². The number of carbonyl (C=O) groups is 2. The van der Waals surface area contributed by atoms with Gasteiger partial charge in [0, 0.05) is 31.2 Å². The molecule has 8 heteroatoms. The van der Waals surface area contributed by atoms with Gasteiger partial charge in [-0.3, -0.25) is 14.5 Å². The van der Waals surface area contributed by atoms with Gasteiger partial charge in [0.1, 0.15) is 0 Å². The van der Waals surface area contributed by atoms with Gasteiger partial charge >= 0.3 is 0 Å². The number of rotatable bonds is 7. The Kier molecular flexibility index (Phi) is 6.95. The number of likely N-dealkylation sites (N-methyl/N-ethyl adjacent to an activating group) is 1. The third kappa shape index (κ3) is 5.57. The molecule has 1 N–H and O–H groups in total. The van der Waals surface area contributed by atoms with E-state index in [-0.39, 0.29) is 41.9 Å². The van der Waals surface area contributed by atoms with Gasteiger partial charge in [0.2, 0.25) is 5.91 Å². The van der Waals surface area contributed by atoms with Crippen LogP contribution in [0.2, 0.25) is 0 Å². The molecule has 1 saturated carbocycles. The Morgan fingerprint density at radius 2 is 1.72 bits per heavy atom. The van der Waals surface area contributed by atoms with Gasteiger partial charge < -0.3 is 10.2 Å². The summed E-state index contributed by atoms with van der Waals surface area (Å²) >= 11 is 0. The molecule has 1 aliphatic heterocycles. The lowest BCUT2D eigenvalue weighted by atomic mass is 10.1. The molecule has 7 nitrogen and oxygen atoms in total. The van der Waals surface area contributed by atoms with Gasteiger partial charge in [0.25, 0.3) is 5.91 Å². The van der Waals surface area contributed by atoms with Crippen molar-refractivity contribution in [2.75, 3.05) is 32.1 Å². The number of benzene rings is 1. The second-order valence-electron chi connectivity index (χ2n) is 8.24. The van der Waals surface area contributed by atoms with E-state index in [1.165, 1.54) is 0 Å². The molecule has 1 aromatic rings. The molecule has 2 aliphatic rings. The van der Waals surface area contributed by atoms with Gasteiger partial charge in [-0.2, -0.15) is 0 Å². The highest BCUT2D eigenvalue weighted by Crippen LogP contribution is 2.29. The Morgan fingerprint density at radius 3 is 2.28 bits per heavy atom.